The van der Waals surface area contributed by atoms with Crippen LogP contribution in [0.2, 0.25) is 0 Å². The van der Waals surface area contributed by atoms with Crippen LogP contribution in [-0.2, 0) is 14.2 Å². The van der Waals surface area contributed by atoms with Gasteiger partial charge >= 0.3 is 0 Å². The number of rotatable bonds is 6. The van der Waals surface area contributed by atoms with Crippen LogP contribution in [0.1, 0.15) is 0 Å². The lowest BCUT2D eigenvalue weighted by Crippen LogP contribution is -2.64. The summed E-state index contributed by atoms with van der Waals surface area (Å²) < 4.78 is 16.5. The molecule has 4 unspecified atom stereocenters. The van der Waals surface area contributed by atoms with Crippen LogP contribution in [0.4, 0.5) is 0 Å². The zero-order chi connectivity index (χ0) is 21.1. The Labute approximate surface area is 171 Å². The molecule has 2 aliphatic heterocycles. The van der Waals surface area contributed by atoms with E-state index in [4.69, 9.17) is 14.2 Å². The van der Waals surface area contributed by atoms with Crippen LogP contribution in [0.3, 0.4) is 0 Å². The van der Waals surface area contributed by atoms with Gasteiger partial charge in [0.25, 0.3) is 0 Å². The fourth-order valence-electron chi connectivity index (χ4n) is 3.29. The minimum Gasteiger partial charge on any atom is -0.394 e. The van der Waals surface area contributed by atoms with Crippen molar-refractivity contribution in [1.82, 2.24) is 0 Å². The molecule has 1 aromatic rings. The second kappa shape index (κ2) is 9.98. The summed E-state index contributed by atoms with van der Waals surface area (Å²) in [4.78, 5) is 0.786. The SMILES string of the molecule is OCC1O[C@@H](Sc2ccccc2)C(O)[C@@H](O)[C@@H]1O[C@@H]1OC(CO)[C@H](O)[C@H](O)C1O. The van der Waals surface area contributed by atoms with Crippen LogP contribution in [-0.4, -0.2) is 110 Å². The summed E-state index contributed by atoms with van der Waals surface area (Å²) in [6.45, 7) is -1.20. The normalized spacial score (nSPS) is 43.3. The van der Waals surface area contributed by atoms with E-state index in [9.17, 15) is 35.7 Å². The molecule has 0 bridgehead atoms. The third kappa shape index (κ3) is 4.92. The molecule has 0 aromatic heterocycles. The lowest BCUT2D eigenvalue weighted by atomic mass is 9.97. The van der Waals surface area contributed by atoms with Gasteiger partial charge in [-0.3, -0.25) is 0 Å². The lowest BCUT2D eigenvalue weighted by molar-refractivity contribution is -0.338. The van der Waals surface area contributed by atoms with E-state index in [1.54, 1.807) is 12.1 Å². The van der Waals surface area contributed by atoms with Crippen molar-refractivity contribution in [3.05, 3.63) is 30.3 Å². The molecule has 10 nitrogen and oxygen atoms in total. The van der Waals surface area contributed by atoms with E-state index in [0.717, 1.165) is 16.7 Å². The van der Waals surface area contributed by atoms with Crippen LogP contribution < -0.4 is 0 Å². The van der Waals surface area contributed by atoms with Crippen LogP contribution >= 0.6 is 11.8 Å². The Hall–Kier alpha value is -0.830. The van der Waals surface area contributed by atoms with Crippen molar-refractivity contribution >= 4 is 11.8 Å². The molecule has 0 spiro atoms. The van der Waals surface area contributed by atoms with E-state index in [2.05, 4.69) is 0 Å². The second-order valence-electron chi connectivity index (χ2n) is 6.94. The highest BCUT2D eigenvalue weighted by atomic mass is 32.2. The largest absolute Gasteiger partial charge is 0.394 e. The van der Waals surface area contributed by atoms with Gasteiger partial charge in [-0.15, -0.1) is 0 Å². The minimum absolute atomic E-state index is 0.558. The summed E-state index contributed by atoms with van der Waals surface area (Å²) >= 11 is 1.16. The average molecular weight is 434 g/mol. The van der Waals surface area contributed by atoms with Crippen molar-refractivity contribution < 1.29 is 50.0 Å². The first-order valence-electron chi connectivity index (χ1n) is 9.17. The number of aliphatic hydroxyl groups excluding tert-OH is 7. The standard InChI is InChI=1S/C18H26O10S/c19-6-9-11(21)12(22)14(24)17(26-9)28-16-10(7-20)27-18(15(25)13(16)23)29-8-4-2-1-3-5-8/h1-5,9-25H,6-7H2/t9?,10?,11-,12-,13+,14?,15?,16+,17-,18-/m0/s1. The fourth-order valence-corrected chi connectivity index (χ4v) is 4.37. The molecule has 11 heteroatoms. The molecule has 10 atom stereocenters. The number of ether oxygens (including phenoxy) is 3. The number of hydrogen-bond donors (Lipinski definition) is 7. The van der Waals surface area contributed by atoms with E-state index in [1.165, 1.54) is 0 Å². The highest BCUT2D eigenvalue weighted by Crippen LogP contribution is 2.35. The van der Waals surface area contributed by atoms with E-state index in [1.807, 2.05) is 18.2 Å². The van der Waals surface area contributed by atoms with E-state index in [-0.39, 0.29) is 0 Å². The molecule has 2 aliphatic rings. The predicted octanol–water partition coefficient (Wildman–Crippen LogP) is -2.60. The molecule has 2 heterocycles. The summed E-state index contributed by atoms with van der Waals surface area (Å²) in [5.74, 6) is 0. The van der Waals surface area contributed by atoms with Gasteiger partial charge in [-0.1, -0.05) is 30.0 Å². The van der Waals surface area contributed by atoms with Crippen LogP contribution in [0.25, 0.3) is 0 Å². The average Bonchev–Trinajstić information content (AvgIpc) is 2.74. The fraction of sp³-hybridized carbons (Fsp3) is 0.667. The monoisotopic (exact) mass is 434 g/mol. The zero-order valence-corrected chi connectivity index (χ0v) is 16.2. The van der Waals surface area contributed by atoms with Gasteiger partial charge in [0.1, 0.15) is 54.3 Å². The molecule has 2 fully saturated rings. The van der Waals surface area contributed by atoms with E-state index < -0.39 is 73.8 Å². The molecule has 0 aliphatic carbocycles. The first-order valence-corrected chi connectivity index (χ1v) is 10.1. The maximum absolute atomic E-state index is 10.6. The predicted molar refractivity (Wildman–Crippen MR) is 98.7 cm³/mol. The third-order valence-corrected chi connectivity index (χ3v) is 6.12. The second-order valence-corrected chi connectivity index (χ2v) is 8.11. The highest BCUT2D eigenvalue weighted by molar-refractivity contribution is 7.99. The molecule has 164 valence electrons. The quantitative estimate of drug-likeness (QED) is 0.251. The van der Waals surface area contributed by atoms with Gasteiger partial charge in [0, 0.05) is 4.90 Å². The summed E-state index contributed by atoms with van der Waals surface area (Å²) in [5.41, 5.74) is -0.890. The molecule has 29 heavy (non-hydrogen) atoms. The van der Waals surface area contributed by atoms with Gasteiger partial charge in [0.05, 0.1) is 13.2 Å². The topological polar surface area (TPSA) is 169 Å². The lowest BCUT2D eigenvalue weighted by Gasteiger charge is -2.46. The molecule has 0 saturated carbocycles. The molecular formula is C18H26O10S. The van der Waals surface area contributed by atoms with Crippen molar-refractivity contribution in [3.63, 3.8) is 0 Å². The minimum atomic E-state index is -1.69. The number of thioether (sulfide) groups is 1. The molecule has 7 N–H and O–H groups in total. The van der Waals surface area contributed by atoms with Crippen molar-refractivity contribution in [3.8, 4) is 0 Å². The molecule has 1 aromatic carbocycles. The Morgan fingerprint density at radius 2 is 1.41 bits per heavy atom. The summed E-state index contributed by atoms with van der Waals surface area (Å²) in [6, 6.07) is 9.05. The van der Waals surface area contributed by atoms with Gasteiger partial charge in [-0.2, -0.15) is 0 Å². The Kier molecular flexibility index (Phi) is 7.87. The van der Waals surface area contributed by atoms with Crippen molar-refractivity contribution in [2.75, 3.05) is 13.2 Å². The first kappa shape index (κ1) is 22.8. The first-order chi connectivity index (χ1) is 13.9. The number of hydrogen-bond acceptors (Lipinski definition) is 11. The molecule has 2 saturated heterocycles. The van der Waals surface area contributed by atoms with Gasteiger partial charge in [-0.05, 0) is 12.1 Å². The van der Waals surface area contributed by atoms with Crippen LogP contribution in [0.15, 0.2) is 35.2 Å². The Bertz CT molecular complexity index is 632. The zero-order valence-electron chi connectivity index (χ0n) is 15.3. The van der Waals surface area contributed by atoms with Crippen LogP contribution in [0, 0.1) is 0 Å². The number of aliphatic hydroxyl groups is 7. The summed E-state index contributed by atoms with van der Waals surface area (Å²) in [6.07, 6.45) is -12.9. The van der Waals surface area contributed by atoms with Gasteiger partial charge < -0.3 is 50.0 Å². The maximum atomic E-state index is 10.6. The van der Waals surface area contributed by atoms with Crippen molar-refractivity contribution in [2.45, 2.75) is 65.5 Å². The highest BCUT2D eigenvalue weighted by Gasteiger charge is 2.50. The Balaban J connectivity index is 1.71. The Morgan fingerprint density at radius 1 is 0.759 bits per heavy atom. The van der Waals surface area contributed by atoms with Crippen molar-refractivity contribution in [2.24, 2.45) is 0 Å². The molecule has 0 amide bonds. The van der Waals surface area contributed by atoms with Crippen molar-refractivity contribution in [1.29, 1.82) is 0 Å². The molecule has 3 rings (SSSR count). The van der Waals surface area contributed by atoms with E-state index in [0.29, 0.717) is 0 Å². The third-order valence-electron chi connectivity index (χ3n) is 4.96. The van der Waals surface area contributed by atoms with Crippen LogP contribution in [0.5, 0.6) is 0 Å². The van der Waals surface area contributed by atoms with Gasteiger partial charge in [0.2, 0.25) is 0 Å². The molecular weight excluding hydrogens is 408 g/mol. The summed E-state index contributed by atoms with van der Waals surface area (Å²) in [7, 11) is 0. The number of benzene rings is 1. The van der Waals surface area contributed by atoms with E-state index >= 15 is 0 Å². The van der Waals surface area contributed by atoms with Gasteiger partial charge in [-0.25, -0.2) is 0 Å². The van der Waals surface area contributed by atoms with Gasteiger partial charge in [0.15, 0.2) is 6.29 Å². The summed E-state index contributed by atoms with van der Waals surface area (Å²) in [5, 5.41) is 69.8. The maximum Gasteiger partial charge on any atom is 0.187 e. The smallest absolute Gasteiger partial charge is 0.187 e. The molecule has 0 radical (unpaired) electrons. The Morgan fingerprint density at radius 3 is 2.03 bits per heavy atom.